The zero-order chi connectivity index (χ0) is 19.9. The summed E-state index contributed by atoms with van der Waals surface area (Å²) >= 11 is 0. The van der Waals surface area contributed by atoms with Crippen molar-refractivity contribution in [1.29, 1.82) is 0 Å². The molecule has 1 aliphatic carbocycles. The number of rotatable bonds is 9. The highest BCUT2D eigenvalue weighted by Gasteiger charge is 2.23. The summed E-state index contributed by atoms with van der Waals surface area (Å²) in [7, 11) is 1.74. The van der Waals surface area contributed by atoms with E-state index in [2.05, 4.69) is 18.7 Å². The molecule has 0 spiro atoms. The van der Waals surface area contributed by atoms with E-state index in [9.17, 15) is 4.79 Å². The molecule has 0 N–H and O–H groups in total. The van der Waals surface area contributed by atoms with Crippen LogP contribution in [0.3, 0.4) is 0 Å². The molecule has 0 saturated heterocycles. The largest absolute Gasteiger partial charge is 0.496 e. The van der Waals surface area contributed by atoms with E-state index in [-0.39, 0.29) is 6.61 Å². The summed E-state index contributed by atoms with van der Waals surface area (Å²) in [5.41, 5.74) is 2.92. The molecule has 150 valence electrons. The fourth-order valence-electron chi connectivity index (χ4n) is 3.63. The summed E-state index contributed by atoms with van der Waals surface area (Å²) in [4.78, 5) is 11.3. The lowest BCUT2D eigenvalue weighted by atomic mass is 9.87. The molecule has 5 heteroatoms. The third-order valence-electron chi connectivity index (χ3n) is 4.92. The number of hydrogen-bond acceptors (Lipinski definition) is 5. The maximum atomic E-state index is 11.3. The number of fused-ring (bicyclic) bond motifs is 2. The van der Waals surface area contributed by atoms with Gasteiger partial charge in [-0.2, -0.15) is 0 Å². The summed E-state index contributed by atoms with van der Waals surface area (Å²) in [6.45, 7) is 6.59. The Morgan fingerprint density at radius 3 is 2.21 bits per heavy atom. The molecular formula is C23H28O5. The summed E-state index contributed by atoms with van der Waals surface area (Å²) in [5.74, 6) is 1.54. The molecule has 0 aliphatic heterocycles. The Hall–Kier alpha value is -2.53. The Morgan fingerprint density at radius 2 is 1.57 bits per heavy atom. The van der Waals surface area contributed by atoms with Gasteiger partial charge in [0.1, 0.15) is 24.7 Å². The normalized spacial score (nSPS) is 13.1. The van der Waals surface area contributed by atoms with Gasteiger partial charge in [-0.1, -0.05) is 30.8 Å². The van der Waals surface area contributed by atoms with E-state index < -0.39 is 5.97 Å². The maximum Gasteiger partial charge on any atom is 0.333 e. The highest BCUT2D eigenvalue weighted by molar-refractivity contribution is 5.96. The number of carbonyl (C=O) groups excluding carboxylic acids is 1. The Bertz CT molecular complexity index is 856. The highest BCUT2D eigenvalue weighted by Crippen LogP contribution is 2.43. The van der Waals surface area contributed by atoms with Gasteiger partial charge in [0.2, 0.25) is 0 Å². The molecule has 28 heavy (non-hydrogen) atoms. The predicted molar refractivity (Wildman–Crippen MR) is 109 cm³/mol. The van der Waals surface area contributed by atoms with Crippen molar-refractivity contribution in [2.24, 2.45) is 0 Å². The second-order valence-corrected chi connectivity index (χ2v) is 6.95. The molecule has 2 aromatic carbocycles. The van der Waals surface area contributed by atoms with Crippen LogP contribution in [0.25, 0.3) is 10.8 Å². The highest BCUT2D eigenvalue weighted by atomic mass is 16.6. The minimum atomic E-state index is -0.392. The van der Waals surface area contributed by atoms with E-state index in [4.69, 9.17) is 18.9 Å². The van der Waals surface area contributed by atoms with Crippen molar-refractivity contribution in [1.82, 2.24) is 0 Å². The number of methoxy groups -OCH3 is 1. The summed E-state index contributed by atoms with van der Waals surface area (Å²) in [6, 6.07) is 8.22. The van der Waals surface area contributed by atoms with Crippen LogP contribution in [0.5, 0.6) is 11.5 Å². The maximum absolute atomic E-state index is 11.3. The van der Waals surface area contributed by atoms with Gasteiger partial charge in [0, 0.05) is 27.5 Å². The van der Waals surface area contributed by atoms with Gasteiger partial charge >= 0.3 is 5.97 Å². The minimum absolute atomic E-state index is 0.215. The lowest BCUT2D eigenvalue weighted by Crippen LogP contribution is -2.15. The van der Waals surface area contributed by atoms with Gasteiger partial charge in [0.05, 0.1) is 20.3 Å². The number of hydrogen-bond donors (Lipinski definition) is 0. The third kappa shape index (κ3) is 4.47. The molecule has 0 amide bonds. The molecule has 0 fully saturated rings. The Morgan fingerprint density at radius 1 is 0.964 bits per heavy atom. The van der Waals surface area contributed by atoms with Crippen LogP contribution in [-0.2, 0) is 27.1 Å². The minimum Gasteiger partial charge on any atom is -0.496 e. The average molecular weight is 384 g/mol. The SMILES string of the molecule is C=C(C)C(=O)OCCOCCOc1c2c(c(OC)c3ccccc13)CCCC2. The summed E-state index contributed by atoms with van der Waals surface area (Å²) in [6.07, 6.45) is 4.36. The number of benzene rings is 2. The first-order valence-electron chi connectivity index (χ1n) is 9.77. The van der Waals surface area contributed by atoms with Crippen molar-refractivity contribution in [2.75, 3.05) is 33.5 Å². The zero-order valence-electron chi connectivity index (χ0n) is 16.7. The first-order valence-corrected chi connectivity index (χ1v) is 9.77. The van der Waals surface area contributed by atoms with Crippen molar-refractivity contribution in [2.45, 2.75) is 32.6 Å². The molecule has 0 atom stereocenters. The summed E-state index contributed by atoms with van der Waals surface area (Å²) in [5, 5.41) is 2.17. The average Bonchev–Trinajstić information content (AvgIpc) is 2.72. The van der Waals surface area contributed by atoms with E-state index >= 15 is 0 Å². The van der Waals surface area contributed by atoms with Crippen LogP contribution in [0.4, 0.5) is 0 Å². The van der Waals surface area contributed by atoms with E-state index in [1.807, 2.05) is 12.1 Å². The quantitative estimate of drug-likeness (QED) is 0.368. The molecule has 5 nitrogen and oxygen atoms in total. The van der Waals surface area contributed by atoms with Crippen LogP contribution in [-0.4, -0.2) is 39.5 Å². The van der Waals surface area contributed by atoms with Crippen LogP contribution >= 0.6 is 0 Å². The lowest BCUT2D eigenvalue weighted by Gasteiger charge is -2.24. The monoisotopic (exact) mass is 384 g/mol. The first kappa shape index (κ1) is 20.2. The molecule has 3 rings (SSSR count). The van der Waals surface area contributed by atoms with Crippen LogP contribution in [0, 0.1) is 0 Å². The van der Waals surface area contributed by atoms with Gasteiger partial charge in [-0.25, -0.2) is 4.79 Å². The van der Waals surface area contributed by atoms with Gasteiger partial charge < -0.3 is 18.9 Å². The fourth-order valence-corrected chi connectivity index (χ4v) is 3.63. The number of esters is 1. The number of carbonyl (C=O) groups is 1. The van der Waals surface area contributed by atoms with E-state index in [1.54, 1.807) is 14.0 Å². The van der Waals surface area contributed by atoms with Gasteiger partial charge in [-0.15, -0.1) is 0 Å². The lowest BCUT2D eigenvalue weighted by molar-refractivity contribution is -0.140. The molecule has 1 aliphatic rings. The molecule has 0 saturated carbocycles. The van der Waals surface area contributed by atoms with Crippen molar-refractivity contribution in [3.05, 3.63) is 47.5 Å². The van der Waals surface area contributed by atoms with Crippen molar-refractivity contribution < 1.29 is 23.7 Å². The predicted octanol–water partition coefficient (Wildman–Crippen LogP) is 4.24. The standard InChI is InChI=1S/C23H28O5/c1-16(2)23(24)28-15-13-26-12-14-27-22-19-10-6-4-8-17(19)21(25-3)18-9-5-7-11-20(18)22/h4,6,8,10H,1,5,7,9,11-15H2,2-3H3. The van der Waals surface area contributed by atoms with Crippen LogP contribution in [0.2, 0.25) is 0 Å². The molecule has 2 aromatic rings. The van der Waals surface area contributed by atoms with Gasteiger partial charge in [0.15, 0.2) is 0 Å². The molecule has 0 aromatic heterocycles. The third-order valence-corrected chi connectivity index (χ3v) is 4.92. The van der Waals surface area contributed by atoms with E-state index in [1.165, 1.54) is 17.5 Å². The Labute approximate surface area is 166 Å². The van der Waals surface area contributed by atoms with E-state index in [0.717, 1.165) is 41.5 Å². The van der Waals surface area contributed by atoms with Gasteiger partial charge in [0.25, 0.3) is 0 Å². The number of ether oxygens (including phenoxy) is 4. The molecular weight excluding hydrogens is 356 g/mol. The fraction of sp³-hybridized carbons (Fsp3) is 0.435. The van der Waals surface area contributed by atoms with Crippen molar-refractivity contribution in [3.63, 3.8) is 0 Å². The smallest absolute Gasteiger partial charge is 0.333 e. The zero-order valence-corrected chi connectivity index (χ0v) is 16.7. The Kier molecular flexibility index (Phi) is 6.93. The van der Waals surface area contributed by atoms with Crippen LogP contribution < -0.4 is 9.47 Å². The van der Waals surface area contributed by atoms with Crippen molar-refractivity contribution >= 4 is 16.7 Å². The summed E-state index contributed by atoms with van der Waals surface area (Å²) < 4.78 is 22.5. The van der Waals surface area contributed by atoms with Gasteiger partial charge in [-0.3, -0.25) is 0 Å². The topological polar surface area (TPSA) is 54.0 Å². The van der Waals surface area contributed by atoms with Crippen LogP contribution in [0.1, 0.15) is 30.9 Å². The Balaban J connectivity index is 1.65. The van der Waals surface area contributed by atoms with E-state index in [0.29, 0.717) is 25.4 Å². The van der Waals surface area contributed by atoms with Crippen LogP contribution in [0.15, 0.2) is 36.4 Å². The van der Waals surface area contributed by atoms with Crippen molar-refractivity contribution in [3.8, 4) is 11.5 Å². The van der Waals surface area contributed by atoms with Gasteiger partial charge in [-0.05, 0) is 32.6 Å². The second-order valence-electron chi connectivity index (χ2n) is 6.95. The molecule has 0 radical (unpaired) electrons. The first-order chi connectivity index (χ1) is 13.6. The molecule has 0 bridgehead atoms. The second kappa shape index (κ2) is 9.60. The molecule has 0 heterocycles. The molecule has 0 unspecified atom stereocenters.